The van der Waals surface area contributed by atoms with Crippen molar-refractivity contribution in [3.8, 4) is 0 Å². The first-order valence-electron chi connectivity index (χ1n) is 6.52. The number of benzene rings is 1. The van der Waals surface area contributed by atoms with Crippen molar-refractivity contribution in [2.45, 2.75) is 13.1 Å². The molecule has 0 spiro atoms. The number of carbonyl (C=O) groups is 2. The molecule has 1 N–H and O–H groups in total. The molecule has 0 aliphatic rings. The van der Waals surface area contributed by atoms with Crippen LogP contribution < -0.4 is 5.32 Å². The molecule has 0 unspecified atom stereocenters. The highest BCUT2D eigenvalue weighted by Crippen LogP contribution is 2.38. The Morgan fingerprint density at radius 1 is 1.24 bits per heavy atom. The molecule has 11 heteroatoms. The second-order valence-corrected chi connectivity index (χ2v) is 4.64. The van der Waals surface area contributed by atoms with Crippen LogP contribution in [-0.4, -0.2) is 31.1 Å². The van der Waals surface area contributed by atoms with Crippen molar-refractivity contribution in [1.82, 2.24) is 0 Å². The van der Waals surface area contributed by atoms with Crippen molar-refractivity contribution >= 4 is 23.3 Å². The van der Waals surface area contributed by atoms with Crippen LogP contribution in [0.4, 0.5) is 24.5 Å². The number of alkyl halides is 3. The molecule has 0 saturated heterocycles. The fourth-order valence-corrected chi connectivity index (χ4v) is 1.83. The molecule has 0 fully saturated rings. The highest BCUT2D eigenvalue weighted by Gasteiger charge is 2.35. The number of nitro benzene ring substituents is 1. The zero-order valence-electron chi connectivity index (χ0n) is 13.3. The Kier molecular flexibility index (Phi) is 6.09. The summed E-state index contributed by atoms with van der Waals surface area (Å²) in [4.78, 5) is 33.0. The van der Waals surface area contributed by atoms with Crippen LogP contribution in [0.15, 0.2) is 23.9 Å². The summed E-state index contributed by atoms with van der Waals surface area (Å²) in [5.41, 5.74) is -3.41. The molecule has 0 radical (unpaired) electrons. The van der Waals surface area contributed by atoms with Crippen molar-refractivity contribution in [3.63, 3.8) is 0 Å². The van der Waals surface area contributed by atoms with Gasteiger partial charge < -0.3 is 14.8 Å². The van der Waals surface area contributed by atoms with Gasteiger partial charge in [0.1, 0.15) is 11.4 Å². The number of hydrogen-bond donors (Lipinski definition) is 1. The minimum atomic E-state index is -4.79. The van der Waals surface area contributed by atoms with Crippen LogP contribution in [-0.2, 0) is 25.2 Å². The number of hydrogen-bond acceptors (Lipinski definition) is 7. The number of nitrogens with one attached hydrogen (secondary N) is 1. The Morgan fingerprint density at radius 3 is 2.28 bits per heavy atom. The van der Waals surface area contributed by atoms with E-state index in [1.54, 1.807) is 0 Å². The van der Waals surface area contributed by atoms with Crippen molar-refractivity contribution in [2.75, 3.05) is 19.5 Å². The quantitative estimate of drug-likeness (QED) is 0.371. The van der Waals surface area contributed by atoms with Crippen LogP contribution in [0.1, 0.15) is 11.1 Å². The van der Waals surface area contributed by atoms with Crippen LogP contribution in [0, 0.1) is 17.0 Å². The smallest absolute Gasteiger partial charge is 0.416 e. The van der Waals surface area contributed by atoms with Crippen molar-refractivity contribution in [3.05, 3.63) is 45.1 Å². The van der Waals surface area contributed by atoms with Crippen LogP contribution in [0.2, 0.25) is 0 Å². The lowest BCUT2D eigenvalue weighted by atomic mass is 10.1. The lowest BCUT2D eigenvalue weighted by Crippen LogP contribution is -2.17. The number of carbonyl (C=O) groups excluding carboxylic acids is 2. The van der Waals surface area contributed by atoms with Crippen LogP contribution in [0.5, 0.6) is 0 Å². The number of nitro groups is 1. The average Bonchev–Trinajstić information content (AvgIpc) is 2.51. The number of nitrogens with zero attached hydrogens (tertiary/aromatic N) is 1. The lowest BCUT2D eigenvalue weighted by molar-refractivity contribution is -0.384. The first-order valence-corrected chi connectivity index (χ1v) is 6.52. The van der Waals surface area contributed by atoms with E-state index in [2.05, 4.69) is 14.8 Å². The molecule has 0 bridgehead atoms. The monoisotopic (exact) mass is 362 g/mol. The van der Waals surface area contributed by atoms with Crippen molar-refractivity contribution in [2.24, 2.45) is 0 Å². The van der Waals surface area contributed by atoms with Gasteiger partial charge in [-0.15, -0.1) is 0 Å². The number of methoxy groups -OCH3 is 2. The van der Waals surface area contributed by atoms with Gasteiger partial charge in [0.2, 0.25) is 0 Å². The topological polar surface area (TPSA) is 108 Å². The van der Waals surface area contributed by atoms with E-state index in [9.17, 15) is 32.9 Å². The number of esters is 2. The summed E-state index contributed by atoms with van der Waals surface area (Å²) in [5.74, 6) is -2.04. The molecule has 1 aromatic carbocycles. The highest BCUT2D eigenvalue weighted by atomic mass is 19.4. The van der Waals surface area contributed by atoms with Gasteiger partial charge in [-0.3, -0.25) is 10.1 Å². The maximum Gasteiger partial charge on any atom is 0.416 e. The highest BCUT2D eigenvalue weighted by molar-refractivity contribution is 5.99. The Labute approximate surface area is 139 Å². The fourth-order valence-electron chi connectivity index (χ4n) is 1.83. The SMILES string of the molecule is COC(=O)/C=C(/Nc1cc(C)c(C(F)(F)F)cc1[N+](=O)[O-])C(=O)OC. The van der Waals surface area contributed by atoms with Gasteiger partial charge in [-0.25, -0.2) is 9.59 Å². The van der Waals surface area contributed by atoms with Gasteiger partial charge in [0.25, 0.3) is 5.69 Å². The summed E-state index contributed by atoms with van der Waals surface area (Å²) in [7, 11) is 2.01. The van der Waals surface area contributed by atoms with Crippen LogP contribution in [0.3, 0.4) is 0 Å². The largest absolute Gasteiger partial charge is 0.466 e. The lowest BCUT2D eigenvalue weighted by Gasteiger charge is -2.14. The van der Waals surface area contributed by atoms with Gasteiger partial charge in [-0.05, 0) is 18.6 Å². The maximum atomic E-state index is 12.9. The van der Waals surface area contributed by atoms with Gasteiger partial charge in [0.15, 0.2) is 0 Å². The molecule has 8 nitrogen and oxygen atoms in total. The molecular formula is C14H13F3N2O6. The molecule has 0 heterocycles. The number of rotatable bonds is 5. The van der Waals surface area contributed by atoms with Crippen molar-refractivity contribution in [1.29, 1.82) is 0 Å². The number of anilines is 1. The van der Waals surface area contributed by atoms with E-state index >= 15 is 0 Å². The molecule has 1 rings (SSSR count). The standard InChI is InChI=1S/C14H13F3N2O6/c1-7-4-9(11(19(22)23)5-8(7)14(15,16)17)18-10(13(21)25-3)6-12(20)24-2/h4-6,18H,1-3H3/b10-6+. The Hall–Kier alpha value is -3.11. The summed E-state index contributed by atoms with van der Waals surface area (Å²) in [5, 5.41) is 13.3. The van der Waals surface area contributed by atoms with E-state index < -0.39 is 45.7 Å². The van der Waals surface area contributed by atoms with E-state index in [0.717, 1.165) is 27.2 Å². The minimum Gasteiger partial charge on any atom is -0.466 e. The summed E-state index contributed by atoms with van der Waals surface area (Å²) >= 11 is 0. The Bertz CT molecular complexity index is 743. The zero-order chi connectivity index (χ0) is 19.4. The van der Waals surface area contributed by atoms with Gasteiger partial charge in [0, 0.05) is 6.07 Å². The van der Waals surface area contributed by atoms with Gasteiger partial charge in [-0.2, -0.15) is 13.2 Å². The molecule has 0 saturated carbocycles. The summed E-state index contributed by atoms with van der Waals surface area (Å²) in [6.45, 7) is 1.10. The van der Waals surface area contributed by atoms with E-state index in [4.69, 9.17) is 0 Å². The van der Waals surface area contributed by atoms with Crippen LogP contribution in [0.25, 0.3) is 0 Å². The zero-order valence-corrected chi connectivity index (χ0v) is 13.3. The number of aryl methyl sites for hydroxylation is 1. The molecule has 0 aliphatic carbocycles. The third kappa shape index (κ3) is 4.93. The fraction of sp³-hybridized carbons (Fsp3) is 0.286. The number of ether oxygens (including phenoxy) is 2. The molecule has 0 amide bonds. The van der Waals surface area contributed by atoms with E-state index in [-0.39, 0.29) is 5.56 Å². The molecule has 0 aromatic heterocycles. The minimum absolute atomic E-state index is 0.317. The van der Waals surface area contributed by atoms with E-state index in [1.165, 1.54) is 0 Å². The predicted molar refractivity (Wildman–Crippen MR) is 78.6 cm³/mol. The third-order valence-electron chi connectivity index (χ3n) is 2.98. The van der Waals surface area contributed by atoms with E-state index in [1.807, 2.05) is 0 Å². The second-order valence-electron chi connectivity index (χ2n) is 4.64. The Balaban J connectivity index is 3.47. The first-order chi connectivity index (χ1) is 11.5. The molecule has 25 heavy (non-hydrogen) atoms. The molecule has 1 aromatic rings. The molecule has 0 atom stereocenters. The molecule has 136 valence electrons. The summed E-state index contributed by atoms with van der Waals surface area (Å²) < 4.78 is 47.4. The number of halogens is 3. The predicted octanol–water partition coefficient (Wildman–Crippen LogP) is 2.56. The maximum absolute atomic E-state index is 12.9. The third-order valence-corrected chi connectivity index (χ3v) is 2.98. The Morgan fingerprint density at radius 2 is 1.84 bits per heavy atom. The second kappa shape index (κ2) is 7.64. The van der Waals surface area contributed by atoms with Crippen molar-refractivity contribution < 1.29 is 37.2 Å². The van der Waals surface area contributed by atoms with Gasteiger partial charge in [-0.1, -0.05) is 0 Å². The summed E-state index contributed by atoms with van der Waals surface area (Å²) in [6.07, 6.45) is -4.14. The van der Waals surface area contributed by atoms with Gasteiger partial charge in [0.05, 0.1) is 30.8 Å². The normalized spacial score (nSPS) is 11.7. The van der Waals surface area contributed by atoms with Gasteiger partial charge >= 0.3 is 18.1 Å². The molecule has 0 aliphatic heterocycles. The molecular weight excluding hydrogens is 349 g/mol. The van der Waals surface area contributed by atoms with Crippen LogP contribution >= 0.6 is 0 Å². The first kappa shape index (κ1) is 19.9. The summed E-state index contributed by atoms with van der Waals surface area (Å²) in [6, 6.07) is 1.18. The van der Waals surface area contributed by atoms with E-state index in [0.29, 0.717) is 12.1 Å². The average molecular weight is 362 g/mol.